The maximum Gasteiger partial charge on any atom is 0.221 e. The summed E-state index contributed by atoms with van der Waals surface area (Å²) in [5.74, 6) is 0.0698. The molecule has 0 spiro atoms. The first-order valence-electron chi connectivity index (χ1n) is 9.13. The van der Waals surface area contributed by atoms with Crippen LogP contribution in [0.2, 0.25) is 0 Å². The predicted octanol–water partition coefficient (Wildman–Crippen LogP) is 5.08. The van der Waals surface area contributed by atoms with Crippen LogP contribution in [0.3, 0.4) is 0 Å². The van der Waals surface area contributed by atoms with Crippen LogP contribution in [0.4, 0.5) is 0 Å². The van der Waals surface area contributed by atoms with E-state index >= 15 is 0 Å². The second kappa shape index (κ2) is 9.49. The van der Waals surface area contributed by atoms with Gasteiger partial charge in [0, 0.05) is 35.7 Å². The van der Waals surface area contributed by atoms with Gasteiger partial charge >= 0.3 is 0 Å². The zero-order valence-corrected chi connectivity index (χ0v) is 16.5. The zero-order valence-electron chi connectivity index (χ0n) is 15.7. The van der Waals surface area contributed by atoms with Crippen molar-refractivity contribution in [1.29, 1.82) is 0 Å². The molecule has 140 valence electrons. The number of rotatable bonds is 8. The van der Waals surface area contributed by atoms with E-state index < -0.39 is 0 Å². The van der Waals surface area contributed by atoms with Crippen molar-refractivity contribution in [2.24, 2.45) is 0 Å². The minimum Gasteiger partial charge on any atom is -0.374 e. The van der Waals surface area contributed by atoms with Gasteiger partial charge < -0.3 is 10.1 Å². The van der Waals surface area contributed by atoms with Gasteiger partial charge in [-0.1, -0.05) is 60.7 Å². The minimum absolute atomic E-state index is 0.0306. The smallest absolute Gasteiger partial charge is 0.221 e. The quantitative estimate of drug-likeness (QED) is 0.592. The molecule has 1 aromatic heterocycles. The molecule has 0 saturated heterocycles. The fraction of sp³-hybridized carbons (Fsp3) is 0.261. The molecule has 1 unspecified atom stereocenters. The van der Waals surface area contributed by atoms with E-state index in [1.54, 1.807) is 18.4 Å². The van der Waals surface area contributed by atoms with Crippen LogP contribution in [-0.4, -0.2) is 19.6 Å². The zero-order chi connectivity index (χ0) is 19.1. The third-order valence-corrected chi connectivity index (χ3v) is 5.73. The number of amides is 1. The van der Waals surface area contributed by atoms with Gasteiger partial charge in [0.25, 0.3) is 0 Å². The molecule has 0 aliphatic heterocycles. The van der Waals surface area contributed by atoms with Crippen LogP contribution in [0.5, 0.6) is 0 Å². The molecule has 1 atom stereocenters. The molecule has 0 bridgehead atoms. The lowest BCUT2D eigenvalue weighted by Crippen LogP contribution is -2.30. The number of hydrogen-bond donors (Lipinski definition) is 1. The second-order valence-electron chi connectivity index (χ2n) is 6.55. The minimum atomic E-state index is -0.112. The van der Waals surface area contributed by atoms with Crippen LogP contribution in [0.1, 0.15) is 39.3 Å². The Balaban J connectivity index is 1.68. The Labute approximate surface area is 165 Å². The van der Waals surface area contributed by atoms with Crippen molar-refractivity contribution in [1.82, 2.24) is 5.32 Å². The van der Waals surface area contributed by atoms with Crippen molar-refractivity contribution in [3.8, 4) is 0 Å². The number of methoxy groups -OCH3 is 1. The van der Waals surface area contributed by atoms with E-state index in [9.17, 15) is 4.79 Å². The molecule has 2 aromatic carbocycles. The molecular formula is C23H25NO2S. The van der Waals surface area contributed by atoms with Gasteiger partial charge in [-0.2, -0.15) is 0 Å². The normalized spacial score (nSPS) is 12.1. The lowest BCUT2D eigenvalue weighted by Gasteiger charge is -2.19. The van der Waals surface area contributed by atoms with Gasteiger partial charge in [0.05, 0.1) is 0 Å². The van der Waals surface area contributed by atoms with Crippen molar-refractivity contribution in [2.45, 2.75) is 25.4 Å². The molecule has 0 saturated carbocycles. The van der Waals surface area contributed by atoms with Crippen molar-refractivity contribution in [3.63, 3.8) is 0 Å². The number of thiophene rings is 1. The third kappa shape index (κ3) is 5.28. The fourth-order valence-electron chi connectivity index (χ4n) is 3.19. The van der Waals surface area contributed by atoms with E-state index in [1.807, 2.05) is 36.4 Å². The highest BCUT2D eigenvalue weighted by Crippen LogP contribution is 2.28. The average Bonchev–Trinajstić information content (AvgIpc) is 3.14. The lowest BCUT2D eigenvalue weighted by atomic mass is 9.88. The topological polar surface area (TPSA) is 38.3 Å². The lowest BCUT2D eigenvalue weighted by molar-refractivity contribution is -0.121. The SMILES string of the molecule is COC(CNC(=O)CC(c1ccccc1)c1ccccc1)c1ccc(C)s1. The van der Waals surface area contributed by atoms with Gasteiger partial charge in [-0.3, -0.25) is 4.79 Å². The Kier molecular flexibility index (Phi) is 6.80. The molecule has 0 radical (unpaired) electrons. The average molecular weight is 380 g/mol. The molecule has 1 N–H and O–H groups in total. The molecular weight excluding hydrogens is 354 g/mol. The van der Waals surface area contributed by atoms with Crippen molar-refractivity contribution >= 4 is 17.2 Å². The molecule has 0 aliphatic carbocycles. The standard InChI is InChI=1S/C23H25NO2S/c1-17-13-14-22(27-17)21(26-2)16-24-23(25)15-20(18-9-5-3-6-10-18)19-11-7-4-8-12-19/h3-14,20-21H,15-16H2,1-2H3,(H,24,25). The van der Waals surface area contributed by atoms with Crippen LogP contribution < -0.4 is 5.32 Å². The Bertz CT molecular complexity index is 806. The van der Waals surface area contributed by atoms with Gasteiger partial charge in [-0.15, -0.1) is 11.3 Å². The number of carbonyl (C=O) groups excluding carboxylic acids is 1. The van der Waals surface area contributed by atoms with Crippen molar-refractivity contribution < 1.29 is 9.53 Å². The first kappa shape index (κ1) is 19.3. The van der Waals surface area contributed by atoms with Gasteiger partial charge in [-0.25, -0.2) is 0 Å². The van der Waals surface area contributed by atoms with E-state index in [-0.39, 0.29) is 17.9 Å². The van der Waals surface area contributed by atoms with Crippen LogP contribution in [0, 0.1) is 6.92 Å². The molecule has 1 amide bonds. The second-order valence-corrected chi connectivity index (χ2v) is 7.87. The largest absolute Gasteiger partial charge is 0.374 e. The monoisotopic (exact) mass is 379 g/mol. The van der Waals surface area contributed by atoms with E-state index in [2.05, 4.69) is 48.6 Å². The molecule has 3 rings (SSSR count). The van der Waals surface area contributed by atoms with Crippen LogP contribution in [0.15, 0.2) is 72.8 Å². The van der Waals surface area contributed by atoms with E-state index in [4.69, 9.17) is 4.74 Å². The summed E-state index contributed by atoms with van der Waals surface area (Å²) in [6.45, 7) is 2.55. The highest BCUT2D eigenvalue weighted by atomic mass is 32.1. The summed E-state index contributed by atoms with van der Waals surface area (Å²) in [4.78, 5) is 15.1. The molecule has 0 aliphatic rings. The Hall–Kier alpha value is -2.43. The molecule has 3 nitrogen and oxygen atoms in total. The van der Waals surface area contributed by atoms with Crippen molar-refractivity contribution in [3.05, 3.63) is 93.7 Å². The van der Waals surface area contributed by atoms with Crippen molar-refractivity contribution in [2.75, 3.05) is 13.7 Å². The summed E-state index contributed by atoms with van der Waals surface area (Å²) in [6, 6.07) is 24.5. The molecule has 3 aromatic rings. The number of aryl methyl sites for hydroxylation is 1. The first-order chi connectivity index (χ1) is 13.2. The molecule has 1 heterocycles. The highest BCUT2D eigenvalue weighted by Gasteiger charge is 2.19. The summed E-state index contributed by atoms with van der Waals surface area (Å²) in [5.41, 5.74) is 2.30. The Morgan fingerprint density at radius 2 is 1.56 bits per heavy atom. The summed E-state index contributed by atoms with van der Waals surface area (Å²) >= 11 is 1.70. The number of benzene rings is 2. The predicted molar refractivity (Wildman–Crippen MR) is 111 cm³/mol. The van der Waals surface area contributed by atoms with Gasteiger partial charge in [0.1, 0.15) is 6.10 Å². The summed E-state index contributed by atoms with van der Waals surface area (Å²) < 4.78 is 5.57. The van der Waals surface area contributed by atoms with Crippen LogP contribution in [-0.2, 0) is 9.53 Å². The van der Waals surface area contributed by atoms with E-state index in [0.29, 0.717) is 13.0 Å². The van der Waals surface area contributed by atoms with E-state index in [1.165, 1.54) is 4.88 Å². The third-order valence-electron chi connectivity index (χ3n) is 4.64. The molecule has 0 fully saturated rings. The number of ether oxygens (including phenoxy) is 1. The first-order valence-corrected chi connectivity index (χ1v) is 9.94. The van der Waals surface area contributed by atoms with Gasteiger partial charge in [-0.05, 0) is 30.2 Å². The van der Waals surface area contributed by atoms with Crippen LogP contribution >= 0.6 is 11.3 Å². The number of carbonyl (C=O) groups is 1. The Morgan fingerprint density at radius 1 is 0.963 bits per heavy atom. The number of hydrogen-bond acceptors (Lipinski definition) is 3. The van der Waals surface area contributed by atoms with Gasteiger partial charge in [0.15, 0.2) is 0 Å². The van der Waals surface area contributed by atoms with E-state index in [0.717, 1.165) is 16.0 Å². The van der Waals surface area contributed by atoms with Gasteiger partial charge in [0.2, 0.25) is 5.91 Å². The highest BCUT2D eigenvalue weighted by molar-refractivity contribution is 7.12. The summed E-state index contributed by atoms with van der Waals surface area (Å²) in [6.07, 6.45) is 0.299. The molecule has 27 heavy (non-hydrogen) atoms. The van der Waals surface area contributed by atoms with Crippen LogP contribution in [0.25, 0.3) is 0 Å². The maximum absolute atomic E-state index is 12.7. The fourth-order valence-corrected chi connectivity index (χ4v) is 4.14. The summed E-state index contributed by atoms with van der Waals surface area (Å²) in [7, 11) is 1.68. The summed E-state index contributed by atoms with van der Waals surface area (Å²) in [5, 5.41) is 3.05. The maximum atomic E-state index is 12.7. The molecule has 4 heteroatoms. The Morgan fingerprint density at radius 3 is 2.04 bits per heavy atom. The number of nitrogens with one attached hydrogen (secondary N) is 1.